The third kappa shape index (κ3) is 3.29. The average Bonchev–Trinajstić information content (AvgIpc) is 2.64. The highest BCUT2D eigenvalue weighted by Gasteiger charge is 2.21. The monoisotopic (exact) mass is 336 g/mol. The zero-order valence-corrected chi connectivity index (χ0v) is 14.3. The summed E-state index contributed by atoms with van der Waals surface area (Å²) in [6, 6.07) is 16.9. The van der Waals surface area contributed by atoms with Crippen molar-refractivity contribution in [2.45, 2.75) is 13.3 Å². The van der Waals surface area contributed by atoms with Crippen LogP contribution < -0.4 is 4.74 Å². The lowest BCUT2D eigenvalue weighted by Crippen LogP contribution is -2.09. The molecule has 0 aliphatic heterocycles. The van der Waals surface area contributed by atoms with Gasteiger partial charge in [-0.05, 0) is 30.0 Å². The van der Waals surface area contributed by atoms with Gasteiger partial charge in [0.15, 0.2) is 0 Å². The summed E-state index contributed by atoms with van der Waals surface area (Å²) in [5.74, 6) is 0.190. The van der Waals surface area contributed by atoms with Crippen molar-refractivity contribution < 1.29 is 19.4 Å². The van der Waals surface area contributed by atoms with E-state index < -0.39 is 5.97 Å². The minimum Gasteiger partial charge on any atom is -0.507 e. The van der Waals surface area contributed by atoms with Gasteiger partial charge in [-0.25, -0.2) is 4.79 Å². The Labute approximate surface area is 146 Å². The first-order valence-electron chi connectivity index (χ1n) is 8.18. The van der Waals surface area contributed by atoms with Gasteiger partial charge in [-0.3, -0.25) is 0 Å². The van der Waals surface area contributed by atoms with Gasteiger partial charge in [0.05, 0.1) is 24.7 Å². The van der Waals surface area contributed by atoms with E-state index in [1.807, 2.05) is 42.5 Å². The van der Waals surface area contributed by atoms with Gasteiger partial charge in [-0.15, -0.1) is 0 Å². The Morgan fingerprint density at radius 2 is 1.84 bits per heavy atom. The summed E-state index contributed by atoms with van der Waals surface area (Å²) in [4.78, 5) is 12.4. The second kappa shape index (κ2) is 7.26. The molecule has 1 N–H and O–H groups in total. The third-order valence-electron chi connectivity index (χ3n) is 4.15. The van der Waals surface area contributed by atoms with Crippen molar-refractivity contribution >= 4 is 16.7 Å². The molecule has 4 heteroatoms. The number of hydrogen-bond acceptors (Lipinski definition) is 4. The fraction of sp³-hybridized carbons (Fsp3) is 0.190. The normalized spacial score (nSPS) is 10.6. The number of carbonyl (C=O) groups is 1. The molecule has 3 aromatic rings. The maximum Gasteiger partial charge on any atom is 0.338 e. The summed E-state index contributed by atoms with van der Waals surface area (Å²) in [6.07, 6.45) is 0.425. The minimum atomic E-state index is -0.437. The van der Waals surface area contributed by atoms with Crippen LogP contribution in [0.5, 0.6) is 11.5 Å². The molecule has 25 heavy (non-hydrogen) atoms. The van der Waals surface area contributed by atoms with Crippen LogP contribution in [0.3, 0.4) is 0 Å². The molecule has 0 amide bonds. The van der Waals surface area contributed by atoms with Gasteiger partial charge in [-0.2, -0.15) is 0 Å². The number of ether oxygens (including phenoxy) is 2. The van der Waals surface area contributed by atoms with E-state index in [-0.39, 0.29) is 12.4 Å². The molecule has 128 valence electrons. The Bertz CT molecular complexity index is 901. The van der Waals surface area contributed by atoms with Crippen LogP contribution in [0.4, 0.5) is 0 Å². The number of hydrogen-bond donors (Lipinski definition) is 1. The summed E-state index contributed by atoms with van der Waals surface area (Å²) in [5, 5.41) is 12.3. The smallest absolute Gasteiger partial charge is 0.338 e. The summed E-state index contributed by atoms with van der Waals surface area (Å²) in [5.41, 5.74) is 1.92. The fourth-order valence-electron chi connectivity index (χ4n) is 2.98. The lowest BCUT2D eigenvalue weighted by molar-refractivity contribution is 0.0525. The molecule has 3 aromatic carbocycles. The van der Waals surface area contributed by atoms with Crippen LogP contribution in [0.15, 0.2) is 54.6 Å². The van der Waals surface area contributed by atoms with E-state index in [9.17, 15) is 9.90 Å². The van der Waals surface area contributed by atoms with Crippen molar-refractivity contribution in [2.24, 2.45) is 0 Å². The standard InChI is InChI=1S/C21H20O4/c1-3-25-21(23)17-13-15-10-7-11-18(24-2)19(15)20(22)16(17)12-14-8-5-4-6-9-14/h4-11,13,22H,3,12H2,1-2H3. The molecular weight excluding hydrogens is 316 g/mol. The maximum atomic E-state index is 12.4. The SMILES string of the molecule is CCOC(=O)c1cc2cccc(OC)c2c(O)c1Cc1ccccc1. The van der Waals surface area contributed by atoms with Gasteiger partial charge in [0.2, 0.25) is 0 Å². The van der Waals surface area contributed by atoms with E-state index in [0.717, 1.165) is 10.9 Å². The van der Waals surface area contributed by atoms with E-state index >= 15 is 0 Å². The average molecular weight is 336 g/mol. The Morgan fingerprint density at radius 1 is 1.08 bits per heavy atom. The minimum absolute atomic E-state index is 0.0573. The molecule has 0 atom stereocenters. The molecule has 0 fully saturated rings. The van der Waals surface area contributed by atoms with Crippen LogP contribution in [0.2, 0.25) is 0 Å². The highest BCUT2D eigenvalue weighted by atomic mass is 16.5. The molecule has 3 rings (SSSR count). The summed E-state index contributed by atoms with van der Waals surface area (Å²) < 4.78 is 10.6. The number of phenols is 1. The Kier molecular flexibility index (Phi) is 4.89. The van der Waals surface area contributed by atoms with Gasteiger partial charge in [-0.1, -0.05) is 42.5 Å². The molecule has 0 saturated carbocycles. The molecule has 0 heterocycles. The van der Waals surface area contributed by atoms with Crippen molar-refractivity contribution in [3.05, 3.63) is 71.3 Å². The highest BCUT2D eigenvalue weighted by Crippen LogP contribution is 2.39. The lowest BCUT2D eigenvalue weighted by atomic mass is 9.94. The van der Waals surface area contributed by atoms with Gasteiger partial charge < -0.3 is 14.6 Å². The van der Waals surface area contributed by atoms with E-state index in [1.54, 1.807) is 26.2 Å². The van der Waals surface area contributed by atoms with Crippen LogP contribution in [0.1, 0.15) is 28.4 Å². The maximum absolute atomic E-state index is 12.4. The number of phenolic OH excluding ortho intramolecular Hbond substituents is 1. The first kappa shape index (κ1) is 16.8. The van der Waals surface area contributed by atoms with Crippen LogP contribution in [0, 0.1) is 0 Å². The predicted octanol–water partition coefficient (Wildman–Crippen LogP) is 4.32. The van der Waals surface area contributed by atoms with Crippen molar-refractivity contribution in [1.82, 2.24) is 0 Å². The van der Waals surface area contributed by atoms with Gasteiger partial charge >= 0.3 is 5.97 Å². The number of aromatic hydroxyl groups is 1. The Hall–Kier alpha value is -3.01. The highest BCUT2D eigenvalue weighted by molar-refractivity contribution is 6.02. The summed E-state index contributed by atoms with van der Waals surface area (Å²) >= 11 is 0. The molecule has 0 aliphatic rings. The second-order valence-corrected chi connectivity index (χ2v) is 5.69. The quantitative estimate of drug-likeness (QED) is 0.705. The largest absolute Gasteiger partial charge is 0.507 e. The Morgan fingerprint density at radius 3 is 2.52 bits per heavy atom. The van der Waals surface area contributed by atoms with Crippen LogP contribution in [-0.2, 0) is 11.2 Å². The number of rotatable bonds is 5. The third-order valence-corrected chi connectivity index (χ3v) is 4.15. The van der Waals surface area contributed by atoms with Crippen molar-refractivity contribution in [1.29, 1.82) is 0 Å². The number of carbonyl (C=O) groups excluding carboxylic acids is 1. The summed E-state index contributed by atoms with van der Waals surface area (Å²) in [7, 11) is 1.56. The first-order valence-corrected chi connectivity index (χ1v) is 8.18. The van der Waals surface area contributed by atoms with E-state index in [4.69, 9.17) is 9.47 Å². The van der Waals surface area contributed by atoms with E-state index in [0.29, 0.717) is 28.7 Å². The van der Waals surface area contributed by atoms with Crippen molar-refractivity contribution in [3.8, 4) is 11.5 Å². The molecule has 0 spiro atoms. The number of methoxy groups -OCH3 is 1. The molecular formula is C21H20O4. The van der Waals surface area contributed by atoms with E-state index in [2.05, 4.69) is 0 Å². The molecule has 0 aliphatic carbocycles. The fourth-order valence-corrected chi connectivity index (χ4v) is 2.98. The molecule has 0 saturated heterocycles. The number of esters is 1. The van der Waals surface area contributed by atoms with Gasteiger partial charge in [0.1, 0.15) is 11.5 Å². The van der Waals surface area contributed by atoms with Gasteiger partial charge in [0.25, 0.3) is 0 Å². The van der Waals surface area contributed by atoms with Gasteiger partial charge in [0, 0.05) is 12.0 Å². The molecule has 0 aromatic heterocycles. The number of benzene rings is 3. The van der Waals surface area contributed by atoms with Crippen LogP contribution in [-0.4, -0.2) is 24.8 Å². The molecule has 0 unspecified atom stereocenters. The number of fused-ring (bicyclic) bond motifs is 1. The van der Waals surface area contributed by atoms with Crippen LogP contribution in [0.25, 0.3) is 10.8 Å². The lowest BCUT2D eigenvalue weighted by Gasteiger charge is -2.15. The van der Waals surface area contributed by atoms with Crippen molar-refractivity contribution in [3.63, 3.8) is 0 Å². The van der Waals surface area contributed by atoms with Crippen LogP contribution >= 0.6 is 0 Å². The molecule has 0 radical (unpaired) electrons. The summed E-state index contributed by atoms with van der Waals surface area (Å²) in [6.45, 7) is 2.04. The van der Waals surface area contributed by atoms with E-state index in [1.165, 1.54) is 0 Å². The zero-order valence-electron chi connectivity index (χ0n) is 14.3. The zero-order chi connectivity index (χ0) is 17.8. The molecule has 0 bridgehead atoms. The van der Waals surface area contributed by atoms with Crippen molar-refractivity contribution in [2.75, 3.05) is 13.7 Å². The topological polar surface area (TPSA) is 55.8 Å². The molecule has 4 nitrogen and oxygen atoms in total. The first-order chi connectivity index (χ1) is 12.2. The Balaban J connectivity index is 2.24. The second-order valence-electron chi connectivity index (χ2n) is 5.69. The predicted molar refractivity (Wildman–Crippen MR) is 97.4 cm³/mol.